The van der Waals surface area contributed by atoms with Gasteiger partial charge in [0.25, 0.3) is 10.0 Å². The highest BCUT2D eigenvalue weighted by molar-refractivity contribution is 7.92. The van der Waals surface area contributed by atoms with E-state index in [-0.39, 0.29) is 34.1 Å². The third-order valence-electron chi connectivity index (χ3n) is 7.08. The quantitative estimate of drug-likeness (QED) is 0.297. The van der Waals surface area contributed by atoms with Crippen LogP contribution in [0.4, 0.5) is 5.69 Å². The number of methoxy groups -OCH3 is 1. The van der Waals surface area contributed by atoms with Gasteiger partial charge in [0.2, 0.25) is 11.8 Å². The van der Waals surface area contributed by atoms with E-state index in [1.54, 1.807) is 25.1 Å². The molecule has 0 aromatic heterocycles. The number of nitrogens with zero attached hydrogens (tertiary/aromatic N) is 2. The second-order valence-corrected chi connectivity index (χ2v) is 12.4. The van der Waals surface area contributed by atoms with Gasteiger partial charge in [-0.3, -0.25) is 13.9 Å². The Morgan fingerprint density at radius 1 is 1.00 bits per heavy atom. The molecule has 0 unspecified atom stereocenters. The summed E-state index contributed by atoms with van der Waals surface area (Å²) in [4.78, 5) is 28.7. The van der Waals surface area contributed by atoms with Crippen molar-refractivity contribution in [3.63, 3.8) is 0 Å². The van der Waals surface area contributed by atoms with Crippen LogP contribution in [0.5, 0.6) is 5.75 Å². The van der Waals surface area contributed by atoms with Crippen LogP contribution in [-0.2, 0) is 26.2 Å². The first-order valence-corrected chi connectivity index (χ1v) is 15.3. The first-order chi connectivity index (χ1) is 19.4. The summed E-state index contributed by atoms with van der Waals surface area (Å²) in [5, 5.41) is 3.13. The van der Waals surface area contributed by atoms with Crippen LogP contribution in [0.1, 0.15) is 43.9 Å². The number of hydrogen-bond donors (Lipinski definition) is 1. The number of ether oxygens (including phenoxy) is 1. The van der Waals surface area contributed by atoms with Crippen LogP contribution in [0, 0.1) is 13.8 Å². The van der Waals surface area contributed by atoms with Crippen LogP contribution in [0.15, 0.2) is 71.6 Å². The molecule has 2 amide bonds. The SMILES string of the molecule is CC[C@H](C)NC(=O)[C@H](C)N(Cc1ccccc1C)C(=O)CN(c1ccc(OC)c(Cl)c1)S(=O)(=O)c1ccc(C)cc1. The zero-order valence-electron chi connectivity index (χ0n) is 24.3. The summed E-state index contributed by atoms with van der Waals surface area (Å²) in [6.45, 7) is 8.86. The number of hydrogen-bond acceptors (Lipinski definition) is 5. The third-order valence-corrected chi connectivity index (χ3v) is 9.16. The first kappa shape index (κ1) is 32.0. The summed E-state index contributed by atoms with van der Waals surface area (Å²) >= 11 is 6.37. The van der Waals surface area contributed by atoms with E-state index < -0.39 is 28.5 Å². The van der Waals surface area contributed by atoms with Crippen molar-refractivity contribution in [3.8, 4) is 5.75 Å². The average molecular weight is 600 g/mol. The number of halogens is 1. The minimum atomic E-state index is -4.20. The number of rotatable bonds is 12. The largest absolute Gasteiger partial charge is 0.495 e. The summed E-state index contributed by atoms with van der Waals surface area (Å²) in [6.07, 6.45) is 0.727. The van der Waals surface area contributed by atoms with E-state index in [4.69, 9.17) is 16.3 Å². The van der Waals surface area contributed by atoms with E-state index >= 15 is 0 Å². The van der Waals surface area contributed by atoms with Crippen LogP contribution in [0.2, 0.25) is 5.02 Å². The molecule has 10 heteroatoms. The molecule has 0 saturated heterocycles. The first-order valence-electron chi connectivity index (χ1n) is 13.5. The molecule has 3 aromatic carbocycles. The van der Waals surface area contributed by atoms with Crippen LogP contribution < -0.4 is 14.4 Å². The smallest absolute Gasteiger partial charge is 0.264 e. The molecular weight excluding hydrogens is 562 g/mol. The van der Waals surface area contributed by atoms with Crippen LogP contribution in [0.3, 0.4) is 0 Å². The van der Waals surface area contributed by atoms with Crippen molar-refractivity contribution >= 4 is 39.1 Å². The number of aryl methyl sites for hydroxylation is 2. The maximum absolute atomic E-state index is 14.1. The molecule has 0 aliphatic heterocycles. The minimum absolute atomic E-state index is 0.0239. The lowest BCUT2D eigenvalue weighted by atomic mass is 10.1. The normalized spacial score (nSPS) is 12.8. The van der Waals surface area contributed by atoms with Gasteiger partial charge in [0, 0.05) is 12.6 Å². The van der Waals surface area contributed by atoms with Crippen LogP contribution in [0.25, 0.3) is 0 Å². The Morgan fingerprint density at radius 3 is 2.24 bits per heavy atom. The van der Waals surface area contributed by atoms with Gasteiger partial charge in [0.15, 0.2) is 0 Å². The fourth-order valence-corrected chi connectivity index (χ4v) is 5.85. The van der Waals surface area contributed by atoms with Crippen molar-refractivity contribution in [2.24, 2.45) is 0 Å². The molecule has 0 radical (unpaired) electrons. The molecule has 0 aliphatic rings. The summed E-state index contributed by atoms with van der Waals surface area (Å²) in [7, 11) is -2.74. The summed E-state index contributed by atoms with van der Waals surface area (Å²) in [6, 6.07) is 17.6. The molecule has 0 spiro atoms. The zero-order chi connectivity index (χ0) is 30.3. The average Bonchev–Trinajstić information content (AvgIpc) is 2.95. The van der Waals surface area contributed by atoms with E-state index in [0.29, 0.717) is 5.75 Å². The molecular formula is C31H38ClN3O5S. The van der Waals surface area contributed by atoms with E-state index in [1.165, 1.54) is 36.3 Å². The number of carbonyl (C=O) groups is 2. The highest BCUT2D eigenvalue weighted by atomic mass is 35.5. The molecule has 0 heterocycles. The van der Waals surface area contributed by atoms with Gasteiger partial charge >= 0.3 is 0 Å². The second-order valence-electron chi connectivity index (χ2n) is 10.1. The summed E-state index contributed by atoms with van der Waals surface area (Å²) in [5.41, 5.74) is 2.89. The van der Waals surface area contributed by atoms with E-state index in [9.17, 15) is 18.0 Å². The monoisotopic (exact) mass is 599 g/mol. The number of amides is 2. The Morgan fingerprint density at radius 2 is 1.66 bits per heavy atom. The van der Waals surface area contributed by atoms with Gasteiger partial charge in [-0.25, -0.2) is 8.42 Å². The molecule has 8 nitrogen and oxygen atoms in total. The predicted octanol–water partition coefficient (Wildman–Crippen LogP) is 5.49. The standard InChI is InChI=1S/C31H38ClN3O5S/c1-7-23(4)33-31(37)24(5)34(19-25-11-9-8-10-22(25)3)30(36)20-35(26-14-17-29(40-6)28(32)18-26)41(38,39)27-15-12-21(2)13-16-27/h8-18,23-24H,7,19-20H2,1-6H3,(H,33,37)/t23-,24-/m0/s1. The molecule has 0 fully saturated rings. The van der Waals surface area contributed by atoms with Crippen LogP contribution in [-0.4, -0.2) is 50.9 Å². The molecule has 3 rings (SSSR count). The molecule has 0 saturated carbocycles. The highest BCUT2D eigenvalue weighted by Gasteiger charge is 2.33. The topological polar surface area (TPSA) is 96.0 Å². The number of carbonyl (C=O) groups excluding carboxylic acids is 2. The van der Waals surface area contributed by atoms with Crippen molar-refractivity contribution in [2.75, 3.05) is 18.0 Å². The summed E-state index contributed by atoms with van der Waals surface area (Å²) in [5.74, 6) is -0.490. The molecule has 1 N–H and O–H groups in total. The molecule has 3 aromatic rings. The molecule has 0 aliphatic carbocycles. The molecule has 41 heavy (non-hydrogen) atoms. The number of benzene rings is 3. The van der Waals surface area contributed by atoms with E-state index in [2.05, 4.69) is 5.32 Å². The van der Waals surface area contributed by atoms with Gasteiger partial charge in [0.05, 0.1) is 22.7 Å². The van der Waals surface area contributed by atoms with Gasteiger partial charge in [0.1, 0.15) is 18.3 Å². The molecule has 0 bridgehead atoms. The summed E-state index contributed by atoms with van der Waals surface area (Å²) < 4.78 is 34.2. The number of anilines is 1. The second kappa shape index (κ2) is 13.9. The van der Waals surface area contributed by atoms with Gasteiger partial charge < -0.3 is 15.0 Å². The minimum Gasteiger partial charge on any atom is -0.495 e. The zero-order valence-corrected chi connectivity index (χ0v) is 25.9. The van der Waals surface area contributed by atoms with Crippen molar-refractivity contribution in [2.45, 2.75) is 64.6 Å². The lowest BCUT2D eigenvalue weighted by Gasteiger charge is -2.33. The lowest BCUT2D eigenvalue weighted by Crippen LogP contribution is -2.52. The molecule has 2 atom stereocenters. The van der Waals surface area contributed by atoms with Gasteiger partial charge in [-0.1, -0.05) is 60.5 Å². The highest BCUT2D eigenvalue weighted by Crippen LogP contribution is 2.32. The Hall–Kier alpha value is -3.56. The lowest BCUT2D eigenvalue weighted by molar-refractivity contribution is -0.139. The van der Waals surface area contributed by atoms with Gasteiger partial charge in [-0.15, -0.1) is 0 Å². The van der Waals surface area contributed by atoms with Crippen LogP contribution >= 0.6 is 11.6 Å². The Balaban J connectivity index is 2.07. The van der Waals surface area contributed by atoms with Crippen molar-refractivity contribution in [1.82, 2.24) is 10.2 Å². The fourth-order valence-electron chi connectivity index (χ4n) is 4.20. The molecule has 220 valence electrons. The maximum atomic E-state index is 14.1. The van der Waals surface area contributed by atoms with Crippen molar-refractivity contribution in [1.29, 1.82) is 0 Å². The number of sulfonamides is 1. The van der Waals surface area contributed by atoms with E-state index in [1.807, 2.05) is 52.0 Å². The Bertz CT molecular complexity index is 1480. The maximum Gasteiger partial charge on any atom is 0.264 e. The van der Waals surface area contributed by atoms with Gasteiger partial charge in [-0.2, -0.15) is 0 Å². The Kier molecular flexibility index (Phi) is 10.8. The van der Waals surface area contributed by atoms with Crippen molar-refractivity contribution < 1.29 is 22.7 Å². The third kappa shape index (κ3) is 7.80. The number of nitrogens with one attached hydrogen (secondary N) is 1. The van der Waals surface area contributed by atoms with Gasteiger partial charge in [-0.05, 0) is 75.6 Å². The predicted molar refractivity (Wildman–Crippen MR) is 163 cm³/mol. The van der Waals surface area contributed by atoms with E-state index in [0.717, 1.165) is 27.4 Å². The Labute approximate surface area is 248 Å². The van der Waals surface area contributed by atoms with Crippen molar-refractivity contribution in [3.05, 3.63) is 88.4 Å². The fraction of sp³-hybridized carbons (Fsp3) is 0.355.